The molecule has 0 heterocycles. The van der Waals surface area contributed by atoms with Gasteiger partial charge in [0.15, 0.2) is 11.6 Å². The van der Waals surface area contributed by atoms with Crippen LogP contribution < -0.4 is 0 Å². The molecule has 4 aliphatic carbocycles. The lowest BCUT2D eigenvalue weighted by Gasteiger charge is -2.64. The van der Waals surface area contributed by atoms with Gasteiger partial charge in [0, 0.05) is 36.5 Å². The molecule has 0 aromatic rings. The van der Waals surface area contributed by atoms with Crippen LogP contribution in [0.25, 0.3) is 0 Å². The Kier molecular flexibility index (Phi) is 15.8. The molecule has 59 heavy (non-hydrogen) atoms. The number of aliphatic hydroxyl groups excluding tert-OH is 1. The minimum Gasteiger partial charge on any atom is -0.462 e. The third-order valence-corrected chi connectivity index (χ3v) is 15.1. The first-order valence-electron chi connectivity index (χ1n) is 22.6. The van der Waals surface area contributed by atoms with Gasteiger partial charge in [0.05, 0.1) is 0 Å². The molecule has 3 saturated carbocycles. The third kappa shape index (κ3) is 10.1. The normalized spacial score (nSPS) is 32.7. The number of hydrogen-bond acceptors (Lipinski definition) is 9. The molecule has 9 atom stereocenters. The molecule has 0 radical (unpaired) electrons. The summed E-state index contributed by atoms with van der Waals surface area (Å²) in [4.78, 5) is 67.6. The van der Waals surface area contributed by atoms with Crippen LogP contribution in [-0.2, 0) is 33.4 Å². The van der Waals surface area contributed by atoms with E-state index >= 15 is 0 Å². The lowest BCUT2D eigenvalue weighted by molar-refractivity contribution is -0.185. The molecule has 0 spiro atoms. The second-order valence-corrected chi connectivity index (χ2v) is 20.2. The van der Waals surface area contributed by atoms with Gasteiger partial charge in [-0.3, -0.25) is 24.0 Å². The number of rotatable bonds is 20. The van der Waals surface area contributed by atoms with Crippen molar-refractivity contribution in [2.75, 3.05) is 0 Å². The highest BCUT2D eigenvalue weighted by molar-refractivity contribution is 5.98. The molecule has 9 heteroatoms. The first-order chi connectivity index (χ1) is 27.5. The van der Waals surface area contributed by atoms with Crippen molar-refractivity contribution in [3.05, 3.63) is 48.1 Å². The fourth-order valence-electron chi connectivity index (χ4n) is 11.8. The van der Waals surface area contributed by atoms with E-state index in [9.17, 15) is 34.2 Å². The number of Topliss-reactive ketones (excluding diaryl/α,β-unsaturated/α-hetero) is 2. The van der Waals surface area contributed by atoms with Crippen molar-refractivity contribution in [3.8, 4) is 0 Å². The third-order valence-electron chi connectivity index (χ3n) is 15.1. The van der Waals surface area contributed by atoms with E-state index < -0.39 is 62.7 Å². The maximum Gasteiger partial charge on any atom is 0.306 e. The fraction of sp³-hybridized carbons (Fsp3) is 0.740. The van der Waals surface area contributed by atoms with Crippen LogP contribution >= 0.6 is 0 Å². The second kappa shape index (κ2) is 19.3. The van der Waals surface area contributed by atoms with Crippen molar-refractivity contribution >= 4 is 29.3 Å². The monoisotopic (exact) mass is 821 g/mol. The number of ether oxygens (including phenoxy) is 2. The molecular formula is C50H76O9. The smallest absolute Gasteiger partial charge is 0.306 e. The number of hydrogen-bond donors (Lipinski definition) is 2. The zero-order valence-corrected chi connectivity index (χ0v) is 38.0. The van der Waals surface area contributed by atoms with Crippen molar-refractivity contribution in [2.45, 2.75) is 195 Å². The number of ketones is 3. The van der Waals surface area contributed by atoms with E-state index in [1.54, 1.807) is 13.8 Å². The number of carbonyl (C=O) groups is 5. The zero-order chi connectivity index (χ0) is 44.0. The van der Waals surface area contributed by atoms with E-state index in [0.29, 0.717) is 19.3 Å². The summed E-state index contributed by atoms with van der Waals surface area (Å²) in [7, 11) is 0. The highest BCUT2D eigenvalue weighted by atomic mass is 16.6. The average molecular weight is 821 g/mol. The molecular weight excluding hydrogens is 745 g/mol. The maximum absolute atomic E-state index is 14.9. The van der Waals surface area contributed by atoms with E-state index in [4.69, 9.17) is 9.47 Å². The highest BCUT2D eigenvalue weighted by Crippen LogP contribution is 2.74. The molecule has 4 rings (SSSR count). The highest BCUT2D eigenvalue weighted by Gasteiger charge is 2.75. The predicted octanol–water partition coefficient (Wildman–Crippen LogP) is 9.86. The van der Waals surface area contributed by atoms with Crippen LogP contribution in [0, 0.1) is 39.4 Å². The second-order valence-electron chi connectivity index (χ2n) is 20.2. The molecule has 4 aliphatic rings. The first-order valence-corrected chi connectivity index (χ1v) is 22.6. The van der Waals surface area contributed by atoms with Crippen molar-refractivity contribution in [1.29, 1.82) is 0 Å². The van der Waals surface area contributed by atoms with Crippen molar-refractivity contribution < 1.29 is 43.7 Å². The predicted molar refractivity (Wildman–Crippen MR) is 231 cm³/mol. The lowest BCUT2D eigenvalue weighted by Crippen LogP contribution is -2.65. The van der Waals surface area contributed by atoms with E-state index in [1.807, 2.05) is 27.7 Å². The summed E-state index contributed by atoms with van der Waals surface area (Å²) in [5, 5.41) is 23.4. The van der Waals surface area contributed by atoms with Crippen LogP contribution in [-0.4, -0.2) is 62.9 Å². The Morgan fingerprint density at radius 1 is 0.881 bits per heavy atom. The quantitative estimate of drug-likeness (QED) is 0.0531. The molecule has 0 aromatic heterocycles. The van der Waals surface area contributed by atoms with Gasteiger partial charge in [-0.1, -0.05) is 95.8 Å². The summed E-state index contributed by atoms with van der Waals surface area (Å²) in [6.45, 7) is 17.9. The number of fused-ring (bicyclic) bond motifs is 5. The zero-order valence-electron chi connectivity index (χ0n) is 38.0. The maximum atomic E-state index is 14.9. The lowest BCUT2D eigenvalue weighted by atomic mass is 9.38. The number of carbonyl (C=O) groups excluding carboxylic acids is 5. The summed E-state index contributed by atoms with van der Waals surface area (Å²) in [5.74, 6) is -3.37. The van der Waals surface area contributed by atoms with E-state index in [2.05, 4.69) is 44.2 Å². The van der Waals surface area contributed by atoms with Crippen molar-refractivity contribution in [1.82, 2.24) is 0 Å². The summed E-state index contributed by atoms with van der Waals surface area (Å²) < 4.78 is 11.7. The number of unbranched alkanes of at least 4 members (excludes halogenated alkanes) is 8. The Bertz CT molecular complexity index is 1680. The fourth-order valence-corrected chi connectivity index (χ4v) is 11.8. The molecule has 2 N–H and O–H groups in total. The van der Waals surface area contributed by atoms with Crippen molar-refractivity contribution in [2.24, 2.45) is 39.4 Å². The molecule has 0 amide bonds. The van der Waals surface area contributed by atoms with Crippen LogP contribution in [0.2, 0.25) is 0 Å². The summed E-state index contributed by atoms with van der Waals surface area (Å²) in [6.07, 6.45) is 24.6. The largest absolute Gasteiger partial charge is 0.462 e. The summed E-state index contributed by atoms with van der Waals surface area (Å²) >= 11 is 0. The topological polar surface area (TPSA) is 144 Å². The van der Waals surface area contributed by atoms with Gasteiger partial charge in [-0.2, -0.15) is 0 Å². The van der Waals surface area contributed by atoms with Gasteiger partial charge in [-0.15, -0.1) is 0 Å². The molecule has 9 nitrogen and oxygen atoms in total. The summed E-state index contributed by atoms with van der Waals surface area (Å²) in [6, 6.07) is 0. The Hall–Kier alpha value is -3.17. The van der Waals surface area contributed by atoms with Gasteiger partial charge in [0.2, 0.25) is 0 Å². The number of aliphatic hydroxyl groups is 2. The first kappa shape index (κ1) is 48.5. The van der Waals surface area contributed by atoms with Crippen molar-refractivity contribution in [3.63, 3.8) is 0 Å². The van der Waals surface area contributed by atoms with Crippen LogP contribution in [0.3, 0.4) is 0 Å². The Morgan fingerprint density at radius 3 is 2.12 bits per heavy atom. The van der Waals surface area contributed by atoms with Crippen LogP contribution in [0.5, 0.6) is 0 Å². The van der Waals surface area contributed by atoms with Crippen LogP contribution in [0.1, 0.15) is 172 Å². The van der Waals surface area contributed by atoms with Gasteiger partial charge in [-0.25, -0.2) is 0 Å². The Balaban J connectivity index is 1.52. The molecule has 0 aromatic carbocycles. The summed E-state index contributed by atoms with van der Waals surface area (Å²) in [5.41, 5.74) is -5.78. The van der Waals surface area contributed by atoms with Gasteiger partial charge in [-0.05, 0) is 127 Å². The van der Waals surface area contributed by atoms with Gasteiger partial charge >= 0.3 is 11.9 Å². The Labute approximate surface area is 354 Å². The van der Waals surface area contributed by atoms with E-state index in [1.165, 1.54) is 45.3 Å². The minimum absolute atomic E-state index is 0.0283. The van der Waals surface area contributed by atoms with E-state index in [-0.39, 0.29) is 48.6 Å². The van der Waals surface area contributed by atoms with E-state index in [0.717, 1.165) is 50.5 Å². The number of allylic oxidation sites excluding steroid dienone is 6. The molecule has 330 valence electrons. The van der Waals surface area contributed by atoms with Gasteiger partial charge < -0.3 is 19.7 Å². The molecule has 0 bridgehead atoms. The van der Waals surface area contributed by atoms with Gasteiger partial charge in [0.25, 0.3) is 0 Å². The molecule has 3 fully saturated rings. The molecule has 0 saturated heterocycles. The van der Waals surface area contributed by atoms with Gasteiger partial charge in [0.1, 0.15) is 29.2 Å². The van der Waals surface area contributed by atoms with Crippen LogP contribution in [0.15, 0.2) is 48.1 Å². The number of esters is 2. The standard InChI is InChI=1S/C50H76O9/c1-11-12-13-14-15-16-17-18-19-20-21-22-23-24-25-26-42(55)58-38-32-47(7)39-28-27-35-36(31-37(52)44(56)46(35,5)6)49(39,9)41(54)33-48(47,8)43(38)50(10,57)40(53)29-30-45(3,4)59-34(2)51/h15-16,18-19,27,29-30,36-39,43,52,57H,11-14,17,20-26,28,31-33H2,1-10H3/b16-15-,19-18-,30-29+/t36-,37+,38-,39+,43-,47+,48-,49+,50-/m1/s1. The average Bonchev–Trinajstić information content (AvgIpc) is 3.36. The molecule has 0 unspecified atom stereocenters. The SMILES string of the molecule is CCCCC/C=C\C/C=C\CCCCCCCC(=O)O[C@@H]1C[C@@]2(C)[C@@H]3CC=C4[C@@H](C[C@H](O)C(=O)C4(C)C)[C@]3(C)C(=O)C[C@]2(C)[C@@H]1[C@](C)(O)C(=O)/C=C/C(C)(C)OC(C)=O. The Morgan fingerprint density at radius 2 is 1.49 bits per heavy atom. The molecule has 0 aliphatic heterocycles. The minimum atomic E-state index is -2.06. The van der Waals surface area contributed by atoms with Crippen LogP contribution in [0.4, 0.5) is 0 Å².